The normalized spacial score (nSPS) is 20.8. The number of para-hydroxylation sites is 1. The van der Waals surface area contributed by atoms with Crippen molar-refractivity contribution >= 4 is 0 Å². The molecule has 100 valence electrons. The summed E-state index contributed by atoms with van der Waals surface area (Å²) >= 11 is 0. The average Bonchev–Trinajstić information content (AvgIpc) is 2.93. The molecule has 0 aromatic heterocycles. The minimum atomic E-state index is 0.398. The monoisotopic (exact) mass is 249 g/mol. The van der Waals surface area contributed by atoms with E-state index in [2.05, 4.69) is 5.32 Å². The Balaban J connectivity index is 1.68. The van der Waals surface area contributed by atoms with Gasteiger partial charge in [-0.2, -0.15) is 0 Å². The van der Waals surface area contributed by atoms with Gasteiger partial charge < -0.3 is 14.8 Å². The molecule has 0 saturated carbocycles. The molecule has 2 rings (SSSR count). The van der Waals surface area contributed by atoms with Crippen LogP contribution in [0.3, 0.4) is 0 Å². The minimum Gasteiger partial charge on any atom is -0.492 e. The van der Waals surface area contributed by atoms with Crippen molar-refractivity contribution in [1.29, 1.82) is 0 Å². The topological polar surface area (TPSA) is 30.5 Å². The Morgan fingerprint density at radius 1 is 1.39 bits per heavy atom. The van der Waals surface area contributed by atoms with Crippen molar-refractivity contribution < 1.29 is 9.47 Å². The molecule has 1 aromatic carbocycles. The number of ether oxygens (including phenoxy) is 2. The first kappa shape index (κ1) is 13.4. The zero-order chi connectivity index (χ0) is 12.6. The zero-order valence-electron chi connectivity index (χ0n) is 11.1. The van der Waals surface area contributed by atoms with Gasteiger partial charge in [-0.3, -0.25) is 0 Å². The first-order valence-electron chi connectivity index (χ1n) is 6.85. The third-order valence-electron chi connectivity index (χ3n) is 3.46. The van der Waals surface area contributed by atoms with E-state index in [4.69, 9.17) is 9.47 Å². The van der Waals surface area contributed by atoms with Crippen molar-refractivity contribution in [3.63, 3.8) is 0 Å². The summed E-state index contributed by atoms with van der Waals surface area (Å²) in [4.78, 5) is 0. The quantitative estimate of drug-likeness (QED) is 0.805. The smallest absolute Gasteiger partial charge is 0.119 e. The van der Waals surface area contributed by atoms with Gasteiger partial charge in [0.25, 0.3) is 0 Å². The lowest BCUT2D eigenvalue weighted by molar-refractivity contribution is 0.0975. The van der Waals surface area contributed by atoms with E-state index in [1.165, 1.54) is 12.8 Å². The number of rotatable bonds is 7. The molecule has 1 aliphatic heterocycles. The lowest BCUT2D eigenvalue weighted by atomic mass is 10.1. The van der Waals surface area contributed by atoms with Crippen molar-refractivity contribution in [2.45, 2.75) is 37.8 Å². The molecular formula is C15H23NO2. The maximum atomic E-state index is 5.77. The van der Waals surface area contributed by atoms with Crippen LogP contribution in [0.1, 0.15) is 25.7 Å². The van der Waals surface area contributed by atoms with Gasteiger partial charge in [0, 0.05) is 12.6 Å². The van der Waals surface area contributed by atoms with Gasteiger partial charge in [0.05, 0.1) is 6.10 Å². The van der Waals surface area contributed by atoms with E-state index >= 15 is 0 Å². The summed E-state index contributed by atoms with van der Waals surface area (Å²) in [5.74, 6) is 0.940. The highest BCUT2D eigenvalue weighted by Crippen LogP contribution is 2.18. The second-order valence-electron chi connectivity index (χ2n) is 4.82. The number of benzene rings is 1. The van der Waals surface area contributed by atoms with Gasteiger partial charge in [-0.05, 0) is 44.9 Å². The first-order chi connectivity index (χ1) is 8.88. The van der Waals surface area contributed by atoms with Crippen LogP contribution in [-0.2, 0) is 4.74 Å². The molecule has 3 nitrogen and oxygen atoms in total. The van der Waals surface area contributed by atoms with Crippen molar-refractivity contribution in [3.8, 4) is 5.75 Å². The molecule has 0 aliphatic carbocycles. The van der Waals surface area contributed by atoms with Crippen molar-refractivity contribution in [2.75, 3.05) is 20.3 Å². The predicted octanol–water partition coefficient (Wildman–Crippen LogP) is 2.61. The molecule has 1 fully saturated rings. The maximum absolute atomic E-state index is 5.77. The fourth-order valence-electron chi connectivity index (χ4n) is 2.28. The lowest BCUT2D eigenvalue weighted by Crippen LogP contribution is -2.32. The SMILES string of the molecule is CNC(CCC1CCCO1)COc1ccccc1. The molecule has 2 unspecified atom stereocenters. The summed E-state index contributed by atoms with van der Waals surface area (Å²) in [6.07, 6.45) is 5.14. The first-order valence-corrected chi connectivity index (χ1v) is 6.85. The Morgan fingerprint density at radius 2 is 2.22 bits per heavy atom. The molecular weight excluding hydrogens is 226 g/mol. The lowest BCUT2D eigenvalue weighted by Gasteiger charge is -2.18. The number of nitrogens with one attached hydrogen (secondary N) is 1. The van der Waals surface area contributed by atoms with Crippen LogP contribution in [0.2, 0.25) is 0 Å². The molecule has 1 aromatic rings. The van der Waals surface area contributed by atoms with Gasteiger partial charge in [0.15, 0.2) is 0 Å². The Labute approximate surface area is 109 Å². The van der Waals surface area contributed by atoms with Crippen LogP contribution in [0.15, 0.2) is 30.3 Å². The van der Waals surface area contributed by atoms with Crippen LogP contribution in [0.5, 0.6) is 5.75 Å². The Morgan fingerprint density at radius 3 is 2.89 bits per heavy atom. The van der Waals surface area contributed by atoms with Crippen LogP contribution in [0.4, 0.5) is 0 Å². The van der Waals surface area contributed by atoms with E-state index in [0.717, 1.165) is 25.2 Å². The van der Waals surface area contributed by atoms with Crippen LogP contribution >= 0.6 is 0 Å². The molecule has 0 bridgehead atoms. The average molecular weight is 249 g/mol. The third-order valence-corrected chi connectivity index (χ3v) is 3.46. The summed E-state index contributed by atoms with van der Waals surface area (Å²) in [6, 6.07) is 10.4. The van der Waals surface area contributed by atoms with Gasteiger partial charge in [0.2, 0.25) is 0 Å². The Hall–Kier alpha value is -1.06. The molecule has 1 heterocycles. The van der Waals surface area contributed by atoms with E-state index in [1.807, 2.05) is 37.4 Å². The summed E-state index contributed by atoms with van der Waals surface area (Å²) < 4.78 is 11.4. The third kappa shape index (κ3) is 4.31. The number of hydrogen-bond donors (Lipinski definition) is 1. The molecule has 2 atom stereocenters. The largest absolute Gasteiger partial charge is 0.492 e. The second-order valence-corrected chi connectivity index (χ2v) is 4.82. The fraction of sp³-hybridized carbons (Fsp3) is 0.600. The molecule has 0 spiro atoms. The summed E-state index contributed by atoms with van der Waals surface area (Å²) in [7, 11) is 1.99. The van der Waals surface area contributed by atoms with Gasteiger partial charge in [0.1, 0.15) is 12.4 Å². The highest BCUT2D eigenvalue weighted by Gasteiger charge is 2.17. The molecule has 1 saturated heterocycles. The molecule has 3 heteroatoms. The number of likely N-dealkylation sites (N-methyl/N-ethyl adjacent to an activating group) is 1. The molecule has 0 radical (unpaired) electrons. The van der Waals surface area contributed by atoms with Crippen molar-refractivity contribution in [1.82, 2.24) is 5.32 Å². The van der Waals surface area contributed by atoms with E-state index < -0.39 is 0 Å². The highest BCUT2D eigenvalue weighted by molar-refractivity contribution is 5.20. The van der Waals surface area contributed by atoms with Crippen molar-refractivity contribution in [3.05, 3.63) is 30.3 Å². The van der Waals surface area contributed by atoms with Crippen LogP contribution < -0.4 is 10.1 Å². The summed E-state index contributed by atoms with van der Waals surface area (Å²) in [5, 5.41) is 3.32. The fourth-order valence-corrected chi connectivity index (χ4v) is 2.28. The predicted molar refractivity (Wildman–Crippen MR) is 73.0 cm³/mol. The van der Waals surface area contributed by atoms with Crippen LogP contribution in [0, 0.1) is 0 Å². The van der Waals surface area contributed by atoms with Gasteiger partial charge >= 0.3 is 0 Å². The number of hydrogen-bond acceptors (Lipinski definition) is 3. The van der Waals surface area contributed by atoms with Crippen LogP contribution in [-0.4, -0.2) is 32.4 Å². The highest BCUT2D eigenvalue weighted by atomic mass is 16.5. The van der Waals surface area contributed by atoms with E-state index in [0.29, 0.717) is 18.8 Å². The van der Waals surface area contributed by atoms with Gasteiger partial charge in [-0.15, -0.1) is 0 Å². The molecule has 1 aliphatic rings. The summed E-state index contributed by atoms with van der Waals surface area (Å²) in [6.45, 7) is 1.66. The zero-order valence-corrected chi connectivity index (χ0v) is 11.1. The van der Waals surface area contributed by atoms with Gasteiger partial charge in [-0.25, -0.2) is 0 Å². The molecule has 18 heavy (non-hydrogen) atoms. The summed E-state index contributed by atoms with van der Waals surface area (Å²) in [5.41, 5.74) is 0. The Bertz CT molecular complexity index is 323. The van der Waals surface area contributed by atoms with Gasteiger partial charge in [-0.1, -0.05) is 18.2 Å². The van der Waals surface area contributed by atoms with E-state index in [9.17, 15) is 0 Å². The molecule has 1 N–H and O–H groups in total. The van der Waals surface area contributed by atoms with Crippen LogP contribution in [0.25, 0.3) is 0 Å². The van der Waals surface area contributed by atoms with E-state index in [-0.39, 0.29) is 0 Å². The molecule has 0 amide bonds. The minimum absolute atomic E-state index is 0.398. The standard InChI is InChI=1S/C15H23NO2/c1-16-13(9-10-15-8-5-11-17-15)12-18-14-6-3-2-4-7-14/h2-4,6-7,13,15-16H,5,8-12H2,1H3. The van der Waals surface area contributed by atoms with E-state index in [1.54, 1.807) is 0 Å². The Kier molecular flexibility index (Phi) is 5.49. The van der Waals surface area contributed by atoms with Crippen molar-refractivity contribution in [2.24, 2.45) is 0 Å². The maximum Gasteiger partial charge on any atom is 0.119 e. The second kappa shape index (κ2) is 7.39.